The third-order valence-electron chi connectivity index (χ3n) is 7.25. The van der Waals surface area contributed by atoms with Crippen LogP contribution < -0.4 is 24.4 Å². The van der Waals surface area contributed by atoms with E-state index in [9.17, 15) is 14.9 Å². The predicted octanol–water partition coefficient (Wildman–Crippen LogP) is 6.22. The van der Waals surface area contributed by atoms with Gasteiger partial charge in [0.25, 0.3) is 5.56 Å². The zero-order chi connectivity index (χ0) is 32.2. The molecule has 0 saturated carbocycles. The van der Waals surface area contributed by atoms with Crippen LogP contribution in [0.15, 0.2) is 104 Å². The first-order chi connectivity index (χ1) is 22.4. The summed E-state index contributed by atoms with van der Waals surface area (Å²) in [5, 5.41) is 11.4. The standard InChI is InChI=1S/C35H26BrN3O5S2/c1-3-43-34(41)29-30(22-10-5-4-6-11-22)38-35-39(31(29)27-14-9-15-45-27)33(40)28(46-35)18-21-16-25(36)32(26(17-21)42-2)44-20-24-13-8-7-12-23(24)19-37/h4-18,31H,3,20H2,1-2H3/b28-18-/t31-/m0/s1. The molecule has 0 N–H and O–H groups in total. The van der Waals surface area contributed by atoms with E-state index in [1.54, 1.807) is 42.9 Å². The molecule has 0 unspecified atom stereocenters. The van der Waals surface area contributed by atoms with Crippen molar-refractivity contribution in [3.63, 3.8) is 0 Å². The van der Waals surface area contributed by atoms with Gasteiger partial charge in [-0.25, -0.2) is 9.79 Å². The Balaban J connectivity index is 1.46. The molecule has 11 heteroatoms. The Morgan fingerprint density at radius 3 is 2.61 bits per heavy atom. The molecule has 6 rings (SSSR count). The van der Waals surface area contributed by atoms with Gasteiger partial charge in [-0.15, -0.1) is 11.3 Å². The molecule has 1 aliphatic rings. The van der Waals surface area contributed by atoms with Gasteiger partial charge in [0.05, 0.1) is 45.6 Å². The second kappa shape index (κ2) is 13.7. The molecule has 1 atom stereocenters. The molecule has 8 nitrogen and oxygen atoms in total. The summed E-state index contributed by atoms with van der Waals surface area (Å²) in [6.45, 7) is 2.11. The summed E-state index contributed by atoms with van der Waals surface area (Å²) in [6, 6.07) is 25.6. The van der Waals surface area contributed by atoms with Crippen LogP contribution >= 0.6 is 38.6 Å². The quantitative estimate of drug-likeness (QED) is 0.168. The SMILES string of the molecule is CCOC(=O)C1=C(c2ccccc2)N=c2s/c(=C\c3cc(Br)c(OCc4ccccc4C#N)c(OC)c3)c(=O)n2[C@H]1c1cccs1. The second-order valence-electron chi connectivity index (χ2n) is 10.0. The van der Waals surface area contributed by atoms with Crippen LogP contribution in [0.1, 0.15) is 40.1 Å². The van der Waals surface area contributed by atoms with Crippen molar-refractivity contribution >= 4 is 56.3 Å². The van der Waals surface area contributed by atoms with E-state index < -0.39 is 12.0 Å². The Kier molecular flexibility index (Phi) is 9.30. The summed E-state index contributed by atoms with van der Waals surface area (Å²) in [5.74, 6) is 0.410. The van der Waals surface area contributed by atoms with Crippen molar-refractivity contribution in [2.24, 2.45) is 4.99 Å². The molecule has 2 aromatic heterocycles. The maximum atomic E-state index is 14.1. The smallest absolute Gasteiger partial charge is 0.338 e. The summed E-state index contributed by atoms with van der Waals surface area (Å²) in [7, 11) is 1.54. The van der Waals surface area contributed by atoms with Gasteiger partial charge >= 0.3 is 5.97 Å². The number of halogens is 1. The van der Waals surface area contributed by atoms with E-state index in [4.69, 9.17) is 19.2 Å². The van der Waals surface area contributed by atoms with Crippen LogP contribution in [0.5, 0.6) is 11.5 Å². The number of thiazole rings is 1. The number of thiophene rings is 1. The van der Waals surface area contributed by atoms with Crippen LogP contribution in [0, 0.1) is 11.3 Å². The highest BCUT2D eigenvalue weighted by atomic mass is 79.9. The van der Waals surface area contributed by atoms with E-state index in [0.29, 0.717) is 47.7 Å². The lowest BCUT2D eigenvalue weighted by Gasteiger charge is -2.24. The van der Waals surface area contributed by atoms with Gasteiger partial charge in [-0.05, 0) is 64.1 Å². The lowest BCUT2D eigenvalue weighted by atomic mass is 9.97. The van der Waals surface area contributed by atoms with Crippen LogP contribution in [0.3, 0.4) is 0 Å². The summed E-state index contributed by atoms with van der Waals surface area (Å²) in [5.41, 5.74) is 3.26. The summed E-state index contributed by atoms with van der Waals surface area (Å²) in [6.07, 6.45) is 1.77. The molecule has 0 saturated heterocycles. The van der Waals surface area contributed by atoms with Crippen molar-refractivity contribution in [2.45, 2.75) is 19.6 Å². The van der Waals surface area contributed by atoms with Gasteiger partial charge in [-0.3, -0.25) is 9.36 Å². The molecule has 0 bridgehead atoms. The van der Waals surface area contributed by atoms with Gasteiger partial charge in [0, 0.05) is 16.0 Å². The lowest BCUT2D eigenvalue weighted by molar-refractivity contribution is -0.138. The maximum absolute atomic E-state index is 14.1. The van der Waals surface area contributed by atoms with Crippen molar-refractivity contribution in [1.82, 2.24) is 4.57 Å². The van der Waals surface area contributed by atoms with Gasteiger partial charge in [0.15, 0.2) is 16.3 Å². The number of esters is 1. The second-order valence-corrected chi connectivity index (χ2v) is 12.9. The minimum absolute atomic E-state index is 0.173. The zero-order valence-corrected chi connectivity index (χ0v) is 27.9. The fraction of sp³-hybridized carbons (Fsp3) is 0.143. The first-order valence-corrected chi connectivity index (χ1v) is 16.7. The van der Waals surface area contributed by atoms with Gasteiger partial charge in [-0.1, -0.05) is 65.9 Å². The van der Waals surface area contributed by atoms with E-state index in [-0.39, 0.29) is 18.8 Å². The molecule has 0 spiro atoms. The van der Waals surface area contributed by atoms with Gasteiger partial charge in [0.2, 0.25) is 0 Å². The third kappa shape index (κ3) is 6.07. The van der Waals surface area contributed by atoms with Crippen LogP contribution in [0.4, 0.5) is 0 Å². The average molecular weight is 713 g/mol. The molecule has 3 aromatic carbocycles. The topological polar surface area (TPSA) is 103 Å². The fourth-order valence-corrected chi connectivity index (χ4v) is 7.57. The lowest BCUT2D eigenvalue weighted by Crippen LogP contribution is -2.39. The number of hydrogen-bond donors (Lipinski definition) is 0. The molecule has 5 aromatic rings. The number of nitriles is 1. The molecule has 1 aliphatic heterocycles. The minimum Gasteiger partial charge on any atom is -0.493 e. The third-order valence-corrected chi connectivity index (χ3v) is 9.74. The Morgan fingerprint density at radius 2 is 1.89 bits per heavy atom. The number of rotatable bonds is 9. The fourth-order valence-electron chi connectivity index (χ4n) is 5.18. The first-order valence-electron chi connectivity index (χ1n) is 14.2. The molecule has 3 heterocycles. The minimum atomic E-state index is -0.707. The van der Waals surface area contributed by atoms with E-state index >= 15 is 0 Å². The maximum Gasteiger partial charge on any atom is 0.338 e. The van der Waals surface area contributed by atoms with Crippen LogP contribution in [0.2, 0.25) is 0 Å². The van der Waals surface area contributed by atoms with Crippen molar-refractivity contribution in [2.75, 3.05) is 13.7 Å². The molecule has 46 heavy (non-hydrogen) atoms. The number of methoxy groups -OCH3 is 1. The highest BCUT2D eigenvalue weighted by Gasteiger charge is 2.35. The normalized spacial score (nSPS) is 14.3. The van der Waals surface area contributed by atoms with E-state index in [2.05, 4.69) is 22.0 Å². The van der Waals surface area contributed by atoms with Gasteiger partial charge in [-0.2, -0.15) is 5.26 Å². The van der Waals surface area contributed by atoms with Crippen molar-refractivity contribution < 1.29 is 19.0 Å². The predicted molar refractivity (Wildman–Crippen MR) is 182 cm³/mol. The number of fused-ring (bicyclic) bond motifs is 1. The molecule has 0 radical (unpaired) electrons. The Labute approximate surface area is 280 Å². The van der Waals surface area contributed by atoms with Crippen molar-refractivity contribution in [3.05, 3.63) is 141 Å². The summed E-state index contributed by atoms with van der Waals surface area (Å²) < 4.78 is 19.9. The average Bonchev–Trinajstić information content (AvgIpc) is 3.72. The van der Waals surface area contributed by atoms with E-state index in [0.717, 1.165) is 16.0 Å². The number of ether oxygens (including phenoxy) is 3. The van der Waals surface area contributed by atoms with E-state index in [1.807, 2.05) is 66.0 Å². The van der Waals surface area contributed by atoms with Gasteiger partial charge < -0.3 is 14.2 Å². The molecule has 0 fully saturated rings. The number of nitrogens with zero attached hydrogens (tertiary/aromatic N) is 3. The Morgan fingerprint density at radius 1 is 1.11 bits per heavy atom. The van der Waals surface area contributed by atoms with Crippen LogP contribution in [-0.2, 0) is 16.1 Å². The molecular formula is C35H26BrN3O5S2. The Hall–Kier alpha value is -4.76. The Bertz CT molecular complexity index is 2180. The number of carbonyl (C=O) groups is 1. The van der Waals surface area contributed by atoms with Crippen molar-refractivity contribution in [3.8, 4) is 17.6 Å². The first kappa shape index (κ1) is 31.2. The largest absolute Gasteiger partial charge is 0.493 e. The highest BCUT2D eigenvalue weighted by molar-refractivity contribution is 9.10. The van der Waals surface area contributed by atoms with Gasteiger partial charge in [0.1, 0.15) is 12.6 Å². The summed E-state index contributed by atoms with van der Waals surface area (Å²) >= 11 is 6.31. The highest BCUT2D eigenvalue weighted by Crippen LogP contribution is 2.38. The van der Waals surface area contributed by atoms with Crippen molar-refractivity contribution in [1.29, 1.82) is 5.26 Å². The number of benzene rings is 3. The van der Waals surface area contributed by atoms with Crippen LogP contribution in [0.25, 0.3) is 11.8 Å². The molecule has 0 aliphatic carbocycles. The number of carbonyl (C=O) groups excluding carboxylic acids is 1. The molecular weight excluding hydrogens is 686 g/mol. The number of hydrogen-bond acceptors (Lipinski definition) is 9. The molecule has 0 amide bonds. The van der Waals surface area contributed by atoms with E-state index in [1.165, 1.54) is 22.7 Å². The van der Waals surface area contributed by atoms with Crippen LogP contribution in [-0.4, -0.2) is 24.3 Å². The number of aromatic nitrogens is 1. The monoisotopic (exact) mass is 711 g/mol. The summed E-state index contributed by atoms with van der Waals surface area (Å²) in [4.78, 5) is 33.8. The zero-order valence-electron chi connectivity index (χ0n) is 24.7. The molecule has 230 valence electrons.